The van der Waals surface area contributed by atoms with Crippen molar-refractivity contribution in [3.8, 4) is 11.3 Å². The van der Waals surface area contributed by atoms with Crippen LogP contribution in [-0.4, -0.2) is 23.3 Å². The third-order valence-electron chi connectivity index (χ3n) is 5.47. The topological polar surface area (TPSA) is 69.4 Å². The maximum Gasteiger partial charge on any atom is 0.351 e. The first-order valence-electron chi connectivity index (χ1n) is 11.1. The molecule has 7 heteroatoms. The van der Waals surface area contributed by atoms with E-state index in [1.165, 1.54) is 6.07 Å². The van der Waals surface area contributed by atoms with Gasteiger partial charge in [-0.25, -0.2) is 14.6 Å². The fourth-order valence-corrected chi connectivity index (χ4v) is 5.25. The highest BCUT2D eigenvalue weighted by atomic mass is 79.9. The summed E-state index contributed by atoms with van der Waals surface area (Å²) in [6.45, 7) is 0.207. The fourth-order valence-electron chi connectivity index (χ4n) is 3.76. The molecule has 0 radical (unpaired) electrons. The van der Waals surface area contributed by atoms with Crippen LogP contribution in [0.4, 0.5) is 0 Å². The number of benzene rings is 3. The van der Waals surface area contributed by atoms with Crippen LogP contribution in [0.15, 0.2) is 104 Å². The lowest BCUT2D eigenvalue weighted by Crippen LogP contribution is -2.17. The maximum absolute atomic E-state index is 12.4. The molecule has 0 bridgehead atoms. The third-order valence-corrected chi connectivity index (χ3v) is 7.30. The van der Waals surface area contributed by atoms with Gasteiger partial charge in [0.15, 0.2) is 0 Å². The van der Waals surface area contributed by atoms with Gasteiger partial charge in [0.1, 0.15) is 11.1 Å². The molecule has 0 atom stereocenters. The largest absolute Gasteiger partial charge is 0.462 e. The monoisotopic (exact) mass is 545 g/mol. The van der Waals surface area contributed by atoms with Crippen molar-refractivity contribution >= 4 is 55.5 Å². The van der Waals surface area contributed by atoms with E-state index in [1.807, 2.05) is 48.5 Å². The average Bonchev–Trinajstić information content (AvgIpc) is 2.88. The number of nitrogens with zero attached hydrogens (tertiary/aromatic N) is 1. The number of carbonyl (C=O) groups is 1. The van der Waals surface area contributed by atoms with E-state index in [1.54, 1.807) is 30.0 Å². The molecule has 0 N–H and O–H groups in total. The second-order valence-electron chi connectivity index (χ2n) is 7.83. The lowest BCUT2D eigenvalue weighted by atomic mass is 10.1. The summed E-state index contributed by atoms with van der Waals surface area (Å²) in [4.78, 5) is 30.6. The van der Waals surface area contributed by atoms with Gasteiger partial charge in [-0.1, -0.05) is 70.5 Å². The molecule has 3 aromatic carbocycles. The van der Waals surface area contributed by atoms with Crippen molar-refractivity contribution in [1.29, 1.82) is 0 Å². The van der Waals surface area contributed by atoms with E-state index in [9.17, 15) is 9.59 Å². The Bertz CT molecular complexity index is 1600. The fraction of sp³-hybridized carbons (Fsp3) is 0.107. The summed E-state index contributed by atoms with van der Waals surface area (Å²) in [7, 11) is 0. The number of ether oxygens (including phenoxy) is 1. The average molecular weight is 546 g/mol. The second-order valence-corrected chi connectivity index (χ2v) is 9.82. The maximum atomic E-state index is 12.4. The van der Waals surface area contributed by atoms with Crippen LogP contribution in [0.25, 0.3) is 33.1 Å². The number of hydrogen-bond acceptors (Lipinski definition) is 6. The van der Waals surface area contributed by atoms with Crippen molar-refractivity contribution in [1.82, 2.24) is 4.98 Å². The molecule has 2 heterocycles. The zero-order chi connectivity index (χ0) is 24.2. The van der Waals surface area contributed by atoms with Crippen LogP contribution in [-0.2, 0) is 4.74 Å². The molecule has 5 aromatic rings. The van der Waals surface area contributed by atoms with Crippen molar-refractivity contribution in [2.75, 3.05) is 12.4 Å². The van der Waals surface area contributed by atoms with Crippen molar-refractivity contribution in [2.24, 2.45) is 0 Å². The quantitative estimate of drug-likeness (QED) is 0.0938. The Morgan fingerprint density at radius 2 is 1.74 bits per heavy atom. The van der Waals surface area contributed by atoms with Gasteiger partial charge in [-0.2, -0.15) is 0 Å². The zero-order valence-electron chi connectivity index (χ0n) is 18.6. The predicted molar refractivity (Wildman–Crippen MR) is 143 cm³/mol. The van der Waals surface area contributed by atoms with Gasteiger partial charge < -0.3 is 9.15 Å². The summed E-state index contributed by atoms with van der Waals surface area (Å²) < 4.78 is 11.6. The molecule has 0 aliphatic carbocycles. The molecule has 0 unspecified atom stereocenters. The standard InChI is InChI=1S/C28H20BrNO4S/c29-22-11-4-2-9-19(22)24-17-26(20-10-3-5-12-23(20)30-24)35-15-7-14-33-27(31)21-16-18-8-1-6-13-25(18)34-28(21)32/h1-6,8-13,16-17H,7,14-15H2. The Balaban J connectivity index is 1.26. The molecule has 0 amide bonds. The van der Waals surface area contributed by atoms with Crippen LogP contribution in [0.5, 0.6) is 0 Å². The van der Waals surface area contributed by atoms with Crippen LogP contribution in [0.2, 0.25) is 0 Å². The normalized spacial score (nSPS) is 11.1. The van der Waals surface area contributed by atoms with Crippen LogP contribution in [0.1, 0.15) is 16.8 Å². The van der Waals surface area contributed by atoms with Gasteiger partial charge in [0.25, 0.3) is 0 Å². The first kappa shape index (κ1) is 23.3. The van der Waals surface area contributed by atoms with E-state index in [4.69, 9.17) is 14.1 Å². The number of fused-ring (bicyclic) bond motifs is 2. The van der Waals surface area contributed by atoms with Gasteiger partial charge in [-0.3, -0.25) is 0 Å². The summed E-state index contributed by atoms with van der Waals surface area (Å²) in [6.07, 6.45) is 0.635. The number of para-hydroxylation sites is 2. The molecular formula is C28H20BrNO4S. The summed E-state index contributed by atoms with van der Waals surface area (Å²) in [6, 6.07) is 26.8. The number of thioether (sulfide) groups is 1. The lowest BCUT2D eigenvalue weighted by Gasteiger charge is -2.11. The SMILES string of the molecule is O=C(OCCCSc1cc(-c2ccccc2Br)nc2ccccc12)c1cc2ccccc2oc1=O. The minimum Gasteiger partial charge on any atom is -0.462 e. The molecule has 0 saturated carbocycles. The van der Waals surface area contributed by atoms with Gasteiger partial charge in [0, 0.05) is 31.5 Å². The molecule has 0 fully saturated rings. The highest BCUT2D eigenvalue weighted by Crippen LogP contribution is 2.34. The first-order chi connectivity index (χ1) is 17.1. The van der Waals surface area contributed by atoms with Gasteiger partial charge in [0.05, 0.1) is 17.8 Å². The zero-order valence-corrected chi connectivity index (χ0v) is 21.0. The van der Waals surface area contributed by atoms with E-state index in [0.29, 0.717) is 17.4 Å². The molecule has 2 aromatic heterocycles. The second kappa shape index (κ2) is 10.5. The lowest BCUT2D eigenvalue weighted by molar-refractivity contribution is 0.0501. The van der Waals surface area contributed by atoms with Gasteiger partial charge in [-0.05, 0) is 36.8 Å². The number of hydrogen-bond donors (Lipinski definition) is 0. The molecule has 0 spiro atoms. The van der Waals surface area contributed by atoms with E-state index in [0.717, 1.165) is 37.3 Å². The number of pyridine rings is 1. The highest BCUT2D eigenvalue weighted by molar-refractivity contribution is 9.10. The minimum atomic E-state index is -0.689. The Morgan fingerprint density at radius 3 is 2.63 bits per heavy atom. The highest BCUT2D eigenvalue weighted by Gasteiger charge is 2.15. The predicted octanol–water partition coefficient (Wildman–Crippen LogP) is 7.11. The first-order valence-corrected chi connectivity index (χ1v) is 12.9. The van der Waals surface area contributed by atoms with Crippen LogP contribution >= 0.6 is 27.7 Å². The van der Waals surface area contributed by atoms with Crippen molar-refractivity contribution in [3.05, 3.63) is 105 Å². The van der Waals surface area contributed by atoms with E-state index in [2.05, 4.69) is 28.1 Å². The van der Waals surface area contributed by atoms with Gasteiger partial charge >= 0.3 is 11.6 Å². The molecular weight excluding hydrogens is 526 g/mol. The molecule has 0 saturated heterocycles. The van der Waals surface area contributed by atoms with Crippen LogP contribution in [0, 0.1) is 0 Å². The number of esters is 1. The smallest absolute Gasteiger partial charge is 0.351 e. The van der Waals surface area contributed by atoms with Crippen LogP contribution in [0.3, 0.4) is 0 Å². The van der Waals surface area contributed by atoms with Gasteiger partial charge in [-0.15, -0.1) is 11.8 Å². The van der Waals surface area contributed by atoms with Crippen molar-refractivity contribution in [2.45, 2.75) is 11.3 Å². The van der Waals surface area contributed by atoms with Gasteiger partial charge in [0.2, 0.25) is 0 Å². The summed E-state index contributed by atoms with van der Waals surface area (Å²) in [5.41, 5.74) is 2.52. The third kappa shape index (κ3) is 5.16. The minimum absolute atomic E-state index is 0.0884. The molecule has 5 nitrogen and oxygen atoms in total. The summed E-state index contributed by atoms with van der Waals surface area (Å²) >= 11 is 5.31. The van der Waals surface area contributed by atoms with E-state index >= 15 is 0 Å². The van der Waals surface area contributed by atoms with Crippen molar-refractivity contribution < 1.29 is 13.9 Å². The summed E-state index contributed by atoms with van der Waals surface area (Å²) in [5.74, 6) is 0.0725. The number of rotatable bonds is 7. The number of carbonyl (C=O) groups excluding carboxylic acids is 1. The molecule has 0 aliphatic rings. The van der Waals surface area contributed by atoms with E-state index < -0.39 is 11.6 Å². The summed E-state index contributed by atoms with van der Waals surface area (Å²) in [5, 5.41) is 1.76. The number of halogens is 1. The number of aromatic nitrogens is 1. The van der Waals surface area contributed by atoms with Crippen molar-refractivity contribution in [3.63, 3.8) is 0 Å². The van der Waals surface area contributed by atoms with Crippen LogP contribution < -0.4 is 5.63 Å². The molecule has 35 heavy (non-hydrogen) atoms. The van der Waals surface area contributed by atoms with E-state index in [-0.39, 0.29) is 12.2 Å². The Morgan fingerprint density at radius 1 is 0.971 bits per heavy atom. The Labute approximate surface area is 214 Å². The Hall–Kier alpha value is -3.42. The molecule has 0 aliphatic heterocycles. The molecule has 174 valence electrons. The Kier molecular flexibility index (Phi) is 6.97. The molecule has 5 rings (SSSR count).